The number of nitrogens with one attached hydrogen (secondary N) is 4. The molecule has 4 fully saturated rings. The molecule has 4 aliphatic rings. The topological polar surface area (TPSA) is 384 Å². The van der Waals surface area contributed by atoms with Crippen LogP contribution >= 0.6 is 0 Å². The number of aliphatic hydroxyl groups is 6. The van der Waals surface area contributed by atoms with Crippen LogP contribution in [0.1, 0.15) is 58.8 Å². The second kappa shape index (κ2) is 22.8. The first kappa shape index (κ1) is 48.7. The minimum atomic E-state index is -1.66. The number of amides is 4. The molecule has 0 aromatic heterocycles. The Balaban J connectivity index is 1.27. The fourth-order valence-corrected chi connectivity index (χ4v) is 7.30. The van der Waals surface area contributed by atoms with Crippen molar-refractivity contribution in [3.63, 3.8) is 0 Å². The maximum Gasteiger partial charge on any atom is 0.328 e. The highest BCUT2D eigenvalue weighted by molar-refractivity contribution is 5.87. The van der Waals surface area contributed by atoms with Gasteiger partial charge in [-0.15, -0.1) is 10.0 Å². The zero-order chi connectivity index (χ0) is 45.0. The number of hydrazine groups is 2. The molecular formula is C33H56N10O18. The predicted octanol–water partition coefficient (Wildman–Crippen LogP) is -5.63. The van der Waals surface area contributed by atoms with Crippen LogP contribution in [0.15, 0.2) is 10.6 Å². The summed E-state index contributed by atoms with van der Waals surface area (Å²) in [7, 11) is 1.13. The quantitative estimate of drug-likeness (QED) is 0.0190. The van der Waals surface area contributed by atoms with Gasteiger partial charge in [-0.3, -0.25) is 19.2 Å². The lowest BCUT2D eigenvalue weighted by Gasteiger charge is -2.40. The van der Waals surface area contributed by atoms with Gasteiger partial charge in [0.25, 0.3) is 12.6 Å². The number of hydrogen-bond acceptors (Lipinski definition) is 20. The molecule has 4 saturated heterocycles. The van der Waals surface area contributed by atoms with E-state index in [-0.39, 0.29) is 48.8 Å². The third-order valence-electron chi connectivity index (χ3n) is 10.5. The van der Waals surface area contributed by atoms with Gasteiger partial charge in [-0.1, -0.05) is 0 Å². The van der Waals surface area contributed by atoms with Crippen molar-refractivity contribution in [2.75, 3.05) is 40.0 Å². The molecule has 0 aromatic carbocycles. The van der Waals surface area contributed by atoms with E-state index in [1.54, 1.807) is 0 Å². The average Bonchev–Trinajstić information content (AvgIpc) is 3.94. The summed E-state index contributed by atoms with van der Waals surface area (Å²) < 4.78 is 15.6. The van der Waals surface area contributed by atoms with Gasteiger partial charge in [0.2, 0.25) is 34.2 Å². The van der Waals surface area contributed by atoms with Crippen LogP contribution in [0.5, 0.6) is 0 Å². The van der Waals surface area contributed by atoms with Gasteiger partial charge in [-0.2, -0.15) is 0 Å². The number of hydrogen-bond donors (Lipinski definition) is 10. The van der Waals surface area contributed by atoms with Gasteiger partial charge in [0.1, 0.15) is 54.7 Å². The van der Waals surface area contributed by atoms with Crippen LogP contribution in [-0.2, 0) is 47.9 Å². The lowest BCUT2D eigenvalue weighted by Crippen LogP contribution is -2.64. The molecule has 0 saturated carbocycles. The normalized spacial score (nSPS) is 32.4. The highest BCUT2D eigenvalue weighted by Gasteiger charge is 2.49. The summed E-state index contributed by atoms with van der Waals surface area (Å²) in [6.45, 7) is 1.10. The van der Waals surface area contributed by atoms with Crippen LogP contribution in [0.2, 0.25) is 0 Å². The molecule has 28 nitrogen and oxygen atoms in total. The molecule has 0 aliphatic carbocycles. The van der Waals surface area contributed by atoms with E-state index in [2.05, 4.69) is 31.8 Å². The van der Waals surface area contributed by atoms with Crippen molar-refractivity contribution in [2.24, 2.45) is 10.6 Å². The Morgan fingerprint density at radius 3 is 1.64 bits per heavy atom. The van der Waals surface area contributed by atoms with E-state index in [4.69, 9.17) is 23.9 Å². The maximum atomic E-state index is 13.4. The van der Waals surface area contributed by atoms with E-state index in [9.17, 15) is 65.0 Å². The average molecular weight is 881 g/mol. The van der Waals surface area contributed by atoms with Crippen molar-refractivity contribution in [2.45, 2.75) is 138 Å². The number of esters is 1. The molecule has 4 rings (SSSR count). The molecule has 0 spiro atoms. The van der Waals surface area contributed by atoms with Crippen molar-refractivity contribution < 1.29 is 88.4 Å². The molecule has 3 unspecified atom stereocenters. The SMILES string of the molecule is COC(=O)C(CCCCNC(=O)C1CCCN1/[N+]([O-])=N/O[C@@H]1O[C@H](CO)[C@@H](O)[C@H](O)[C@H]1NC(C)=O)NC(=O)C1CCCN1/[N+]([O-])=N/O[C@@H]1O[C@H](CO)[C@@H](O)[C@H](O)[C@H]1NC(C)=O. The molecular weight excluding hydrogens is 824 g/mol. The molecule has 28 heteroatoms. The molecule has 4 heterocycles. The molecule has 0 aromatic rings. The van der Waals surface area contributed by atoms with Crippen LogP contribution in [-0.4, -0.2) is 200 Å². The van der Waals surface area contributed by atoms with Gasteiger partial charge in [-0.05, 0) is 44.9 Å². The minimum absolute atomic E-state index is 0.0232. The van der Waals surface area contributed by atoms with Gasteiger partial charge in [0, 0.05) is 20.4 Å². The number of carbonyl (C=O) groups is 5. The number of ether oxygens (including phenoxy) is 3. The molecule has 0 radical (unpaired) electrons. The minimum Gasteiger partial charge on any atom is -0.569 e. The lowest BCUT2D eigenvalue weighted by atomic mass is 9.97. The van der Waals surface area contributed by atoms with Gasteiger partial charge in [0.05, 0.1) is 43.4 Å². The van der Waals surface area contributed by atoms with E-state index >= 15 is 0 Å². The molecule has 4 amide bonds. The van der Waals surface area contributed by atoms with Crippen LogP contribution in [0.25, 0.3) is 0 Å². The fraction of sp³-hybridized carbons (Fsp3) is 0.848. The zero-order valence-electron chi connectivity index (χ0n) is 33.8. The zero-order valence-corrected chi connectivity index (χ0v) is 33.8. The van der Waals surface area contributed by atoms with Crippen molar-refractivity contribution >= 4 is 29.6 Å². The summed E-state index contributed by atoms with van der Waals surface area (Å²) in [6, 6.07) is -5.94. The highest BCUT2D eigenvalue weighted by Crippen LogP contribution is 2.25. The van der Waals surface area contributed by atoms with Crippen LogP contribution in [0.3, 0.4) is 0 Å². The van der Waals surface area contributed by atoms with Crippen molar-refractivity contribution in [3.8, 4) is 0 Å². The third-order valence-corrected chi connectivity index (χ3v) is 10.5. The Hall–Kier alpha value is -4.97. The number of rotatable bonds is 19. The summed E-state index contributed by atoms with van der Waals surface area (Å²) >= 11 is 0. The number of methoxy groups -OCH3 is 1. The molecule has 10 N–H and O–H groups in total. The standard InChI is InChI=1S/C33H56N10O18/c1-16(46)35-23-27(50)25(48)21(14-44)58-32(23)60-38-42(55)40-12-6-9-19(40)29(52)34-11-5-4-8-18(31(54)57-3)37-30(53)20-10-7-13-41(20)43(56)39-61-33-24(36-17(2)47)28(51)26(49)22(15-45)59-33/h18-28,32-33,44-45,48-51H,4-15H2,1-3H3,(H,34,52)(H,35,46)(H,36,47)(H,37,53)/b42-38-,43-39-/t18?,19?,20?,21-,22-,23-,24-,25-,26-,27-,28-,32+,33+/m1/s1. The highest BCUT2D eigenvalue weighted by atomic mass is 16.8. The molecule has 61 heavy (non-hydrogen) atoms. The van der Waals surface area contributed by atoms with Crippen molar-refractivity contribution in [1.29, 1.82) is 0 Å². The van der Waals surface area contributed by atoms with E-state index in [1.807, 2.05) is 0 Å². The second-order valence-corrected chi connectivity index (χ2v) is 14.8. The van der Waals surface area contributed by atoms with Crippen molar-refractivity contribution in [1.82, 2.24) is 31.3 Å². The molecule has 346 valence electrons. The lowest BCUT2D eigenvalue weighted by molar-refractivity contribution is -0.714. The van der Waals surface area contributed by atoms with E-state index in [0.717, 1.165) is 31.0 Å². The Labute approximate surface area is 348 Å². The summed E-state index contributed by atoms with van der Waals surface area (Å²) in [5.74, 6) is -3.24. The third kappa shape index (κ3) is 12.6. The Bertz CT molecular complexity index is 1580. The van der Waals surface area contributed by atoms with E-state index < -0.39 is 122 Å². The first-order valence-electron chi connectivity index (χ1n) is 19.7. The number of aliphatic hydroxyl groups excluding tert-OH is 6. The molecule has 13 atom stereocenters. The smallest absolute Gasteiger partial charge is 0.328 e. The van der Waals surface area contributed by atoms with Gasteiger partial charge in [-0.25, -0.2) is 4.79 Å². The number of nitrogens with zero attached hydrogens (tertiary/aromatic N) is 6. The number of unbranched alkanes of at least 4 members (excludes halogenated alkanes) is 1. The van der Waals surface area contributed by atoms with Crippen molar-refractivity contribution in [3.05, 3.63) is 10.4 Å². The number of carbonyl (C=O) groups excluding carboxylic acids is 5. The summed E-state index contributed by atoms with van der Waals surface area (Å²) in [5.41, 5.74) is 0. The summed E-state index contributed by atoms with van der Waals surface area (Å²) in [4.78, 5) is 72.8. The first-order valence-corrected chi connectivity index (χ1v) is 19.7. The second-order valence-electron chi connectivity index (χ2n) is 14.8. The van der Waals surface area contributed by atoms with Crippen LogP contribution in [0.4, 0.5) is 0 Å². The van der Waals surface area contributed by atoms with Gasteiger partial charge < -0.3 is 86.2 Å². The molecule has 4 aliphatic heterocycles. The summed E-state index contributed by atoms with van der Waals surface area (Å²) in [5, 5.41) is 105. The monoisotopic (exact) mass is 880 g/mol. The van der Waals surface area contributed by atoms with E-state index in [0.29, 0.717) is 25.7 Å². The fourth-order valence-electron chi connectivity index (χ4n) is 7.30. The van der Waals surface area contributed by atoms with E-state index in [1.165, 1.54) is 0 Å². The Morgan fingerprint density at radius 1 is 0.754 bits per heavy atom. The Kier molecular flexibility index (Phi) is 18.2. The van der Waals surface area contributed by atoms with Crippen LogP contribution in [0, 0.1) is 10.4 Å². The Morgan fingerprint density at radius 2 is 1.21 bits per heavy atom. The van der Waals surface area contributed by atoms with Crippen LogP contribution < -0.4 is 21.3 Å². The largest absolute Gasteiger partial charge is 0.569 e. The molecule has 0 bridgehead atoms. The summed E-state index contributed by atoms with van der Waals surface area (Å²) in [6.07, 6.45) is -10.3. The van der Waals surface area contributed by atoms with Gasteiger partial charge in [0.15, 0.2) is 12.1 Å². The maximum absolute atomic E-state index is 13.4. The first-order chi connectivity index (χ1) is 29.0. The van der Waals surface area contributed by atoms with Gasteiger partial charge >= 0.3 is 5.97 Å². The predicted molar refractivity (Wildman–Crippen MR) is 195 cm³/mol.